The van der Waals surface area contributed by atoms with Gasteiger partial charge in [-0.1, -0.05) is 6.07 Å². The molecular weight excluding hydrogens is 243 g/mol. The number of hydrogen-bond acceptors (Lipinski definition) is 4. The molecule has 0 atom stereocenters. The van der Waals surface area contributed by atoms with Crippen LogP contribution >= 0.6 is 0 Å². The molecule has 1 aliphatic heterocycles. The average molecular weight is 254 g/mol. The Morgan fingerprint density at radius 3 is 2.95 bits per heavy atom. The van der Waals surface area contributed by atoms with Crippen molar-refractivity contribution in [2.75, 3.05) is 17.2 Å². The molecular formula is C14H11FN4. The van der Waals surface area contributed by atoms with Gasteiger partial charge in [0.25, 0.3) is 0 Å². The van der Waals surface area contributed by atoms with Crippen LogP contribution in [0.3, 0.4) is 0 Å². The summed E-state index contributed by atoms with van der Waals surface area (Å²) in [6.45, 7) is 0.710. The third kappa shape index (κ3) is 1.87. The number of benzene rings is 1. The van der Waals surface area contributed by atoms with Crippen LogP contribution in [0.15, 0.2) is 30.5 Å². The van der Waals surface area contributed by atoms with Crippen molar-refractivity contribution in [2.24, 2.45) is 0 Å². The van der Waals surface area contributed by atoms with Gasteiger partial charge in [-0.15, -0.1) is 0 Å². The summed E-state index contributed by atoms with van der Waals surface area (Å²) in [6.07, 6.45) is 2.31. The van der Waals surface area contributed by atoms with E-state index in [1.54, 1.807) is 12.1 Å². The minimum absolute atomic E-state index is 0.280. The van der Waals surface area contributed by atoms with Gasteiger partial charge in [0.1, 0.15) is 11.9 Å². The molecule has 19 heavy (non-hydrogen) atoms. The van der Waals surface area contributed by atoms with E-state index in [-0.39, 0.29) is 5.82 Å². The summed E-state index contributed by atoms with van der Waals surface area (Å²) >= 11 is 0. The minimum Gasteiger partial charge on any atom is -0.396 e. The highest BCUT2D eigenvalue weighted by molar-refractivity contribution is 5.75. The number of nitriles is 1. The maximum absolute atomic E-state index is 13.3. The summed E-state index contributed by atoms with van der Waals surface area (Å²) < 4.78 is 13.3. The van der Waals surface area contributed by atoms with Crippen LogP contribution in [-0.4, -0.2) is 11.5 Å². The second-order valence-corrected chi connectivity index (χ2v) is 4.42. The largest absolute Gasteiger partial charge is 0.396 e. The molecule has 2 N–H and O–H groups in total. The molecule has 3 rings (SSSR count). The fourth-order valence-electron chi connectivity index (χ4n) is 2.33. The molecule has 0 spiro atoms. The molecule has 1 aliphatic rings. The van der Waals surface area contributed by atoms with Crippen LogP contribution in [0.2, 0.25) is 0 Å². The topological polar surface area (TPSA) is 65.9 Å². The zero-order valence-electron chi connectivity index (χ0n) is 10.1. The van der Waals surface area contributed by atoms with Gasteiger partial charge < -0.3 is 10.6 Å². The molecule has 2 aromatic rings. The Morgan fingerprint density at radius 1 is 1.37 bits per heavy atom. The van der Waals surface area contributed by atoms with Crippen molar-refractivity contribution in [1.29, 1.82) is 5.26 Å². The van der Waals surface area contributed by atoms with E-state index in [2.05, 4.69) is 4.98 Å². The smallest absolute Gasteiger partial charge is 0.156 e. The molecule has 0 aliphatic carbocycles. The maximum Gasteiger partial charge on any atom is 0.156 e. The van der Waals surface area contributed by atoms with Crippen molar-refractivity contribution in [3.8, 4) is 6.07 Å². The maximum atomic E-state index is 13.3. The van der Waals surface area contributed by atoms with E-state index >= 15 is 0 Å². The lowest BCUT2D eigenvalue weighted by atomic mass is 10.1. The van der Waals surface area contributed by atoms with Crippen molar-refractivity contribution in [3.05, 3.63) is 47.4 Å². The molecule has 94 valence electrons. The first-order chi connectivity index (χ1) is 9.19. The number of hydrogen-bond donors (Lipinski definition) is 1. The highest BCUT2D eigenvalue weighted by Gasteiger charge is 2.23. The van der Waals surface area contributed by atoms with E-state index in [1.165, 1.54) is 18.3 Å². The van der Waals surface area contributed by atoms with Crippen molar-refractivity contribution in [1.82, 2.24) is 4.98 Å². The number of nitrogens with zero attached hydrogens (tertiary/aromatic N) is 3. The number of halogens is 1. The van der Waals surface area contributed by atoms with E-state index < -0.39 is 0 Å². The number of aromatic nitrogens is 1. The van der Waals surface area contributed by atoms with Gasteiger partial charge in [0, 0.05) is 18.4 Å². The van der Waals surface area contributed by atoms with Crippen molar-refractivity contribution >= 4 is 17.2 Å². The predicted molar refractivity (Wildman–Crippen MR) is 70.5 cm³/mol. The van der Waals surface area contributed by atoms with E-state index in [9.17, 15) is 4.39 Å². The monoisotopic (exact) mass is 254 g/mol. The molecule has 0 fully saturated rings. The summed E-state index contributed by atoms with van der Waals surface area (Å²) in [4.78, 5) is 6.10. The second kappa shape index (κ2) is 4.25. The molecule has 0 unspecified atom stereocenters. The van der Waals surface area contributed by atoms with E-state index in [4.69, 9.17) is 11.0 Å². The van der Waals surface area contributed by atoms with Gasteiger partial charge in [-0.05, 0) is 30.2 Å². The summed E-state index contributed by atoms with van der Waals surface area (Å²) in [7, 11) is 0. The quantitative estimate of drug-likeness (QED) is 0.848. The van der Waals surface area contributed by atoms with Crippen molar-refractivity contribution in [2.45, 2.75) is 6.42 Å². The lowest BCUT2D eigenvalue weighted by Crippen LogP contribution is -2.16. The molecule has 0 amide bonds. The Balaban J connectivity index is 2.07. The van der Waals surface area contributed by atoms with Crippen LogP contribution in [0.5, 0.6) is 0 Å². The van der Waals surface area contributed by atoms with Crippen LogP contribution in [0.4, 0.5) is 21.6 Å². The Labute approximate surface area is 109 Å². The van der Waals surface area contributed by atoms with Gasteiger partial charge in [0.15, 0.2) is 5.82 Å². The first-order valence-electron chi connectivity index (χ1n) is 5.90. The highest BCUT2D eigenvalue weighted by Crippen LogP contribution is 2.36. The first kappa shape index (κ1) is 11.5. The average Bonchev–Trinajstić information content (AvgIpc) is 2.81. The molecule has 0 saturated carbocycles. The molecule has 0 saturated heterocycles. The zero-order chi connectivity index (χ0) is 13.4. The van der Waals surface area contributed by atoms with Crippen molar-refractivity contribution in [3.63, 3.8) is 0 Å². The molecule has 5 heteroatoms. The molecule has 1 aromatic heterocycles. The fourth-order valence-corrected chi connectivity index (χ4v) is 2.33. The number of fused-ring (bicyclic) bond motifs is 1. The van der Waals surface area contributed by atoms with Gasteiger partial charge in [0.2, 0.25) is 0 Å². The normalized spacial score (nSPS) is 13.2. The first-order valence-corrected chi connectivity index (χ1v) is 5.90. The summed E-state index contributed by atoms with van der Waals surface area (Å²) in [5.41, 5.74) is 8.64. The third-order valence-corrected chi connectivity index (χ3v) is 3.22. The number of nitrogens with two attached hydrogens (primary N) is 1. The Morgan fingerprint density at radius 2 is 2.21 bits per heavy atom. The number of anilines is 3. The van der Waals surface area contributed by atoms with Crippen LogP contribution in [0.25, 0.3) is 0 Å². The van der Waals surface area contributed by atoms with Crippen molar-refractivity contribution < 1.29 is 4.39 Å². The van der Waals surface area contributed by atoms with Crippen LogP contribution in [-0.2, 0) is 6.42 Å². The minimum atomic E-state index is -0.280. The van der Waals surface area contributed by atoms with Crippen LogP contribution in [0, 0.1) is 17.1 Å². The van der Waals surface area contributed by atoms with Gasteiger partial charge in [-0.25, -0.2) is 9.37 Å². The van der Waals surface area contributed by atoms with Gasteiger partial charge in [-0.2, -0.15) is 5.26 Å². The number of nitrogen functional groups attached to an aromatic ring is 1. The summed E-state index contributed by atoms with van der Waals surface area (Å²) in [6, 6.07) is 8.30. The SMILES string of the molecule is N#Cc1cnc(N2CCc3ccc(F)cc32)c(N)c1. The van der Waals surface area contributed by atoms with Gasteiger partial charge in [0.05, 0.1) is 11.3 Å². The molecule has 0 bridgehead atoms. The number of rotatable bonds is 1. The van der Waals surface area contributed by atoms with Gasteiger partial charge in [-0.3, -0.25) is 0 Å². The Hall–Kier alpha value is -2.61. The zero-order valence-corrected chi connectivity index (χ0v) is 10.1. The number of pyridine rings is 1. The second-order valence-electron chi connectivity index (χ2n) is 4.42. The Kier molecular flexibility index (Phi) is 2.57. The predicted octanol–water partition coefficient (Wildman–Crippen LogP) is 2.37. The molecule has 4 nitrogen and oxygen atoms in total. The van der Waals surface area contributed by atoms with E-state index in [0.717, 1.165) is 17.7 Å². The molecule has 2 heterocycles. The van der Waals surface area contributed by atoms with E-state index in [1.807, 2.05) is 11.0 Å². The third-order valence-electron chi connectivity index (χ3n) is 3.22. The van der Waals surface area contributed by atoms with E-state index in [0.29, 0.717) is 23.6 Å². The molecule has 1 aromatic carbocycles. The summed E-state index contributed by atoms with van der Waals surface area (Å²) in [5.74, 6) is 0.293. The van der Waals surface area contributed by atoms with Crippen LogP contribution < -0.4 is 10.6 Å². The van der Waals surface area contributed by atoms with Gasteiger partial charge >= 0.3 is 0 Å². The lowest BCUT2D eigenvalue weighted by molar-refractivity contribution is 0.628. The fraction of sp³-hybridized carbons (Fsp3) is 0.143. The Bertz CT molecular complexity index is 690. The molecule has 0 radical (unpaired) electrons. The lowest BCUT2D eigenvalue weighted by Gasteiger charge is -2.20. The van der Waals surface area contributed by atoms with Crippen LogP contribution in [0.1, 0.15) is 11.1 Å². The summed E-state index contributed by atoms with van der Waals surface area (Å²) in [5, 5.41) is 8.80. The highest BCUT2D eigenvalue weighted by atomic mass is 19.1. The standard InChI is InChI=1S/C14H11FN4/c15-11-2-1-10-3-4-19(13(10)6-11)14-12(17)5-9(7-16)8-18-14/h1-2,5-6,8H,3-4,17H2.